The molecule has 2 rings (SSSR count). The van der Waals surface area contributed by atoms with Crippen LogP contribution in [0.5, 0.6) is 0 Å². The van der Waals surface area contributed by atoms with E-state index in [-0.39, 0.29) is 18.9 Å². The summed E-state index contributed by atoms with van der Waals surface area (Å²) < 4.78 is 0. The fourth-order valence-electron chi connectivity index (χ4n) is 1.34. The summed E-state index contributed by atoms with van der Waals surface area (Å²) in [6.45, 7) is 0. The molecule has 0 fully saturated rings. The molecule has 0 saturated heterocycles. The average Bonchev–Trinajstić information content (AvgIpc) is 2.32. The number of thioether (sulfide) groups is 1. The van der Waals surface area contributed by atoms with Gasteiger partial charge in [-0.3, -0.25) is 0 Å². The molecule has 0 heterocycles. The molecule has 0 aliphatic heterocycles. The number of hydrogen-bond acceptors (Lipinski definition) is 1. The van der Waals surface area contributed by atoms with E-state index in [9.17, 15) is 0 Å². The van der Waals surface area contributed by atoms with Crippen LogP contribution in [-0.2, 0) is 5.75 Å². The molecule has 0 saturated carbocycles. The largest absolute Gasteiger partial charge is 1.00 e. The molecule has 0 aliphatic rings. The van der Waals surface area contributed by atoms with Crippen LogP contribution in [0.15, 0.2) is 60.7 Å². The van der Waals surface area contributed by atoms with E-state index in [1.54, 1.807) is 0 Å². The molecule has 0 bridgehead atoms. The predicted octanol–water partition coefficient (Wildman–Crippen LogP) is 1.13. The van der Waals surface area contributed by atoms with Crippen molar-refractivity contribution in [3.8, 4) is 0 Å². The SMILES string of the molecule is [Li+].c1ccc([CH-]SCc2ccccc2)cc1. The average molecular weight is 220 g/mol. The van der Waals surface area contributed by atoms with Crippen LogP contribution >= 0.6 is 11.8 Å². The van der Waals surface area contributed by atoms with Crippen molar-refractivity contribution in [1.82, 2.24) is 0 Å². The molecule has 2 aromatic rings. The van der Waals surface area contributed by atoms with E-state index in [1.165, 1.54) is 11.1 Å². The first kappa shape index (κ1) is 13.3. The molecule has 0 amide bonds. The molecule has 0 aliphatic carbocycles. The van der Waals surface area contributed by atoms with Crippen molar-refractivity contribution >= 4 is 11.8 Å². The van der Waals surface area contributed by atoms with Crippen LogP contribution in [-0.4, -0.2) is 0 Å². The summed E-state index contributed by atoms with van der Waals surface area (Å²) in [5, 5.41) is 0. The Balaban J connectivity index is 0.00000128. The van der Waals surface area contributed by atoms with E-state index in [2.05, 4.69) is 60.4 Å². The monoisotopic (exact) mass is 220 g/mol. The van der Waals surface area contributed by atoms with Crippen LogP contribution in [0, 0.1) is 5.75 Å². The topological polar surface area (TPSA) is 0 Å². The van der Waals surface area contributed by atoms with Gasteiger partial charge < -0.3 is 0 Å². The molecular formula is C14H13LiS. The van der Waals surface area contributed by atoms with Crippen molar-refractivity contribution in [2.24, 2.45) is 0 Å². The maximum absolute atomic E-state index is 2.20. The van der Waals surface area contributed by atoms with Gasteiger partial charge in [0.2, 0.25) is 0 Å². The van der Waals surface area contributed by atoms with Gasteiger partial charge in [0.15, 0.2) is 0 Å². The Bertz CT molecular complexity index is 346. The molecule has 0 atom stereocenters. The summed E-state index contributed by atoms with van der Waals surface area (Å²) in [6, 6.07) is 20.9. The van der Waals surface area contributed by atoms with Crippen LogP contribution in [0.25, 0.3) is 0 Å². The molecule has 0 aromatic heterocycles. The van der Waals surface area contributed by atoms with Gasteiger partial charge in [0, 0.05) is 5.75 Å². The van der Waals surface area contributed by atoms with Gasteiger partial charge in [-0.2, -0.15) is 29.5 Å². The molecule has 76 valence electrons. The van der Waals surface area contributed by atoms with Gasteiger partial charge >= 0.3 is 18.9 Å². The second-order valence-electron chi connectivity index (χ2n) is 3.33. The Kier molecular flexibility index (Phi) is 6.26. The van der Waals surface area contributed by atoms with E-state index in [0.717, 1.165) is 5.75 Å². The normalized spacial score (nSPS) is 9.25. The molecule has 0 radical (unpaired) electrons. The van der Waals surface area contributed by atoms with Gasteiger partial charge in [-0.25, -0.2) is 0 Å². The Hall–Kier alpha value is -0.743. The van der Waals surface area contributed by atoms with Gasteiger partial charge in [0.25, 0.3) is 0 Å². The zero-order valence-electron chi connectivity index (χ0n) is 9.47. The van der Waals surface area contributed by atoms with Crippen molar-refractivity contribution < 1.29 is 18.9 Å². The molecule has 0 spiro atoms. The van der Waals surface area contributed by atoms with E-state index in [0.29, 0.717) is 0 Å². The Morgan fingerprint density at radius 2 is 1.38 bits per heavy atom. The molecule has 0 nitrogen and oxygen atoms in total. The van der Waals surface area contributed by atoms with Crippen LogP contribution in [0.4, 0.5) is 0 Å². The van der Waals surface area contributed by atoms with Gasteiger partial charge in [0.1, 0.15) is 0 Å². The third kappa shape index (κ3) is 4.41. The van der Waals surface area contributed by atoms with Gasteiger partial charge in [-0.1, -0.05) is 36.4 Å². The standard InChI is InChI=1S/C14H13S.Li/c1-3-7-13(8-4-1)11-15-12-14-9-5-2-6-10-14;/h1-11H,12H2;/q-1;+1. The summed E-state index contributed by atoms with van der Waals surface area (Å²) >= 11 is 1.83. The zero-order chi connectivity index (χ0) is 10.3. The Morgan fingerprint density at radius 1 is 0.812 bits per heavy atom. The van der Waals surface area contributed by atoms with Crippen LogP contribution in [0.2, 0.25) is 0 Å². The molecule has 2 heteroatoms. The second kappa shape index (κ2) is 7.52. The summed E-state index contributed by atoms with van der Waals surface area (Å²) in [5.74, 6) is 3.24. The van der Waals surface area contributed by atoms with Crippen LogP contribution in [0.1, 0.15) is 11.1 Å². The summed E-state index contributed by atoms with van der Waals surface area (Å²) in [5.41, 5.74) is 2.65. The maximum atomic E-state index is 2.20. The minimum Gasteiger partial charge on any atom is -0.198 e. The molecular weight excluding hydrogens is 207 g/mol. The van der Waals surface area contributed by atoms with Crippen molar-refractivity contribution in [2.75, 3.05) is 0 Å². The fraction of sp³-hybridized carbons (Fsp3) is 0.0714. The third-order valence-electron chi connectivity index (χ3n) is 2.11. The summed E-state index contributed by atoms with van der Waals surface area (Å²) in [4.78, 5) is 0. The first-order valence-electron chi connectivity index (χ1n) is 4.99. The first-order valence-corrected chi connectivity index (χ1v) is 6.04. The van der Waals surface area contributed by atoms with E-state index in [4.69, 9.17) is 0 Å². The van der Waals surface area contributed by atoms with Crippen molar-refractivity contribution in [3.63, 3.8) is 0 Å². The van der Waals surface area contributed by atoms with Crippen molar-refractivity contribution in [3.05, 3.63) is 77.5 Å². The minimum atomic E-state index is 0. The Morgan fingerprint density at radius 3 is 2.00 bits per heavy atom. The summed E-state index contributed by atoms with van der Waals surface area (Å²) in [6.07, 6.45) is 0. The molecule has 16 heavy (non-hydrogen) atoms. The summed E-state index contributed by atoms with van der Waals surface area (Å²) in [7, 11) is 0. The van der Waals surface area contributed by atoms with Gasteiger partial charge in [-0.15, -0.1) is 17.9 Å². The number of rotatable bonds is 4. The van der Waals surface area contributed by atoms with Gasteiger partial charge in [0.05, 0.1) is 0 Å². The molecule has 2 aromatic carbocycles. The number of benzene rings is 2. The minimum absolute atomic E-state index is 0. The quantitative estimate of drug-likeness (QED) is 0.550. The van der Waals surface area contributed by atoms with Crippen LogP contribution in [0.3, 0.4) is 0 Å². The van der Waals surface area contributed by atoms with Crippen LogP contribution < -0.4 is 18.9 Å². The predicted molar refractivity (Wildman–Crippen MR) is 67.6 cm³/mol. The van der Waals surface area contributed by atoms with Gasteiger partial charge in [-0.05, 0) is 5.56 Å². The van der Waals surface area contributed by atoms with E-state index >= 15 is 0 Å². The van der Waals surface area contributed by atoms with E-state index in [1.807, 2.05) is 17.8 Å². The second-order valence-corrected chi connectivity index (χ2v) is 4.18. The third-order valence-corrected chi connectivity index (χ3v) is 3.05. The zero-order valence-corrected chi connectivity index (χ0v) is 10.3. The molecule has 0 unspecified atom stereocenters. The maximum Gasteiger partial charge on any atom is 1.00 e. The fourth-order valence-corrected chi connectivity index (χ4v) is 2.16. The van der Waals surface area contributed by atoms with Crippen molar-refractivity contribution in [1.29, 1.82) is 0 Å². The van der Waals surface area contributed by atoms with E-state index < -0.39 is 0 Å². The van der Waals surface area contributed by atoms with Crippen molar-refractivity contribution in [2.45, 2.75) is 5.75 Å². The Labute approximate surface area is 114 Å². The number of hydrogen-bond donors (Lipinski definition) is 0. The first-order chi connectivity index (χ1) is 7.45. The smallest absolute Gasteiger partial charge is 0.198 e. The molecule has 0 N–H and O–H groups in total.